The molecule has 0 aliphatic rings. The van der Waals surface area contributed by atoms with E-state index in [1.807, 2.05) is 42.5 Å². The predicted molar refractivity (Wildman–Crippen MR) is 131 cm³/mol. The number of para-hydroxylation sites is 1. The average molecular weight is 412 g/mol. The standard InChI is InChI=1S/C28H29NS/c1-2-3-4-5-6-12-22-29-27-16-11-10-15-25(27)19-20-28-26(21-23-30-28)18-17-24-13-8-7-9-14-24/h7-11,13-16,21,23,29H,2-6,12,22H2,1H3. The van der Waals surface area contributed by atoms with E-state index in [9.17, 15) is 0 Å². The second kappa shape index (κ2) is 12.6. The lowest BCUT2D eigenvalue weighted by molar-refractivity contribution is 0.617. The first-order valence-electron chi connectivity index (χ1n) is 10.9. The molecule has 3 rings (SSSR count). The summed E-state index contributed by atoms with van der Waals surface area (Å²) in [6, 6.07) is 20.4. The first-order valence-corrected chi connectivity index (χ1v) is 11.7. The lowest BCUT2D eigenvalue weighted by Gasteiger charge is -2.08. The van der Waals surface area contributed by atoms with Crippen molar-refractivity contribution in [1.29, 1.82) is 0 Å². The maximum absolute atomic E-state index is 3.57. The van der Waals surface area contributed by atoms with Gasteiger partial charge in [0, 0.05) is 23.4 Å². The molecule has 1 aromatic heterocycles. The summed E-state index contributed by atoms with van der Waals surface area (Å²) in [5.41, 5.74) is 4.17. The molecule has 1 heterocycles. The van der Waals surface area contributed by atoms with E-state index in [1.165, 1.54) is 38.5 Å². The maximum Gasteiger partial charge on any atom is 0.0928 e. The van der Waals surface area contributed by atoms with Gasteiger partial charge >= 0.3 is 0 Å². The summed E-state index contributed by atoms with van der Waals surface area (Å²) in [5.74, 6) is 13.2. The highest BCUT2D eigenvalue weighted by Crippen LogP contribution is 2.17. The Labute approximate surface area is 185 Å². The van der Waals surface area contributed by atoms with Crippen molar-refractivity contribution < 1.29 is 0 Å². The SMILES string of the molecule is CCCCCCCCNc1ccccc1C#Cc1sccc1C#Cc1ccccc1. The third-order valence-corrected chi connectivity index (χ3v) is 5.69. The van der Waals surface area contributed by atoms with Gasteiger partial charge in [-0.05, 0) is 48.1 Å². The second-order valence-corrected chi connectivity index (χ2v) is 8.19. The molecule has 0 radical (unpaired) electrons. The Bertz CT molecular complexity index is 1020. The number of nitrogens with one attached hydrogen (secondary N) is 1. The van der Waals surface area contributed by atoms with Gasteiger partial charge in [-0.2, -0.15) is 0 Å². The lowest BCUT2D eigenvalue weighted by Crippen LogP contribution is -2.03. The van der Waals surface area contributed by atoms with Crippen LogP contribution in [0.3, 0.4) is 0 Å². The lowest BCUT2D eigenvalue weighted by atomic mass is 10.1. The van der Waals surface area contributed by atoms with E-state index in [4.69, 9.17) is 0 Å². The Balaban J connectivity index is 1.62. The molecule has 0 bridgehead atoms. The van der Waals surface area contributed by atoms with Crippen LogP contribution in [-0.2, 0) is 0 Å². The molecule has 2 heteroatoms. The molecular weight excluding hydrogens is 382 g/mol. The van der Waals surface area contributed by atoms with E-state index in [0.29, 0.717) is 0 Å². The fourth-order valence-corrected chi connectivity index (χ4v) is 3.86. The second-order valence-electron chi connectivity index (χ2n) is 7.27. The number of anilines is 1. The van der Waals surface area contributed by atoms with Crippen LogP contribution in [0.4, 0.5) is 5.69 Å². The van der Waals surface area contributed by atoms with Gasteiger partial charge in [0.25, 0.3) is 0 Å². The van der Waals surface area contributed by atoms with Gasteiger partial charge in [0.05, 0.1) is 10.4 Å². The Morgan fingerprint density at radius 2 is 1.43 bits per heavy atom. The number of rotatable bonds is 8. The number of hydrogen-bond donors (Lipinski definition) is 1. The van der Waals surface area contributed by atoms with Gasteiger partial charge in [0.15, 0.2) is 0 Å². The predicted octanol–water partition coefficient (Wildman–Crippen LogP) is 7.32. The first kappa shape index (κ1) is 21.8. The van der Waals surface area contributed by atoms with E-state index >= 15 is 0 Å². The van der Waals surface area contributed by atoms with Crippen molar-refractivity contribution in [2.45, 2.75) is 45.4 Å². The summed E-state index contributed by atoms with van der Waals surface area (Å²) in [6.45, 7) is 3.26. The van der Waals surface area contributed by atoms with Crippen molar-refractivity contribution in [3.05, 3.63) is 87.6 Å². The zero-order chi connectivity index (χ0) is 20.9. The normalized spacial score (nSPS) is 9.90. The molecule has 152 valence electrons. The topological polar surface area (TPSA) is 12.0 Å². The van der Waals surface area contributed by atoms with Gasteiger partial charge in [0.2, 0.25) is 0 Å². The molecule has 3 aromatic rings. The molecule has 30 heavy (non-hydrogen) atoms. The van der Waals surface area contributed by atoms with Crippen LogP contribution in [0.5, 0.6) is 0 Å². The van der Waals surface area contributed by atoms with Gasteiger partial charge < -0.3 is 5.32 Å². The van der Waals surface area contributed by atoms with Crippen molar-refractivity contribution in [2.24, 2.45) is 0 Å². The van der Waals surface area contributed by atoms with Crippen molar-refractivity contribution in [2.75, 3.05) is 11.9 Å². The van der Waals surface area contributed by atoms with E-state index in [2.05, 4.69) is 59.5 Å². The quantitative estimate of drug-likeness (QED) is 0.302. The molecule has 0 unspecified atom stereocenters. The molecule has 0 saturated carbocycles. The highest BCUT2D eigenvalue weighted by atomic mass is 32.1. The minimum atomic E-state index is 0.994. The van der Waals surface area contributed by atoms with Crippen molar-refractivity contribution >= 4 is 17.0 Å². The van der Waals surface area contributed by atoms with Crippen LogP contribution in [0.15, 0.2) is 66.0 Å². The molecular formula is C28H29NS. The molecule has 0 amide bonds. The van der Waals surface area contributed by atoms with E-state index in [-0.39, 0.29) is 0 Å². The van der Waals surface area contributed by atoms with Crippen LogP contribution < -0.4 is 5.32 Å². The zero-order valence-electron chi connectivity index (χ0n) is 17.7. The minimum Gasteiger partial charge on any atom is -0.384 e. The van der Waals surface area contributed by atoms with Crippen LogP contribution in [0, 0.1) is 23.7 Å². The van der Waals surface area contributed by atoms with Gasteiger partial charge in [-0.15, -0.1) is 11.3 Å². The summed E-state index contributed by atoms with van der Waals surface area (Å²) < 4.78 is 0. The molecule has 2 aromatic carbocycles. The number of unbranched alkanes of at least 4 members (excludes halogenated alkanes) is 5. The summed E-state index contributed by atoms with van der Waals surface area (Å²) in [6.07, 6.45) is 7.84. The minimum absolute atomic E-state index is 0.994. The largest absolute Gasteiger partial charge is 0.384 e. The molecule has 0 aliphatic carbocycles. The van der Waals surface area contributed by atoms with Crippen LogP contribution >= 0.6 is 11.3 Å². The van der Waals surface area contributed by atoms with Crippen LogP contribution in [0.2, 0.25) is 0 Å². The summed E-state index contributed by atoms with van der Waals surface area (Å²) in [5, 5.41) is 5.63. The Morgan fingerprint density at radius 1 is 0.700 bits per heavy atom. The van der Waals surface area contributed by atoms with Gasteiger partial charge in [-0.25, -0.2) is 0 Å². The average Bonchev–Trinajstić information content (AvgIpc) is 3.24. The molecule has 0 saturated heterocycles. The zero-order valence-corrected chi connectivity index (χ0v) is 18.5. The summed E-state index contributed by atoms with van der Waals surface area (Å²) in [4.78, 5) is 1.02. The molecule has 0 atom stereocenters. The summed E-state index contributed by atoms with van der Waals surface area (Å²) >= 11 is 1.64. The third kappa shape index (κ3) is 7.14. The van der Waals surface area contributed by atoms with Crippen molar-refractivity contribution in [1.82, 2.24) is 0 Å². The van der Waals surface area contributed by atoms with Gasteiger partial charge in [-0.1, -0.05) is 87.1 Å². The number of benzene rings is 2. The van der Waals surface area contributed by atoms with Crippen LogP contribution in [-0.4, -0.2) is 6.54 Å². The summed E-state index contributed by atoms with van der Waals surface area (Å²) in [7, 11) is 0. The van der Waals surface area contributed by atoms with Crippen LogP contribution in [0.1, 0.15) is 67.0 Å². The molecule has 0 spiro atoms. The smallest absolute Gasteiger partial charge is 0.0928 e. The fraction of sp³-hybridized carbons (Fsp3) is 0.286. The van der Waals surface area contributed by atoms with Crippen molar-refractivity contribution in [3.63, 3.8) is 0 Å². The first-order chi connectivity index (χ1) is 14.9. The van der Waals surface area contributed by atoms with Crippen molar-refractivity contribution in [3.8, 4) is 23.7 Å². The van der Waals surface area contributed by atoms with E-state index < -0.39 is 0 Å². The number of hydrogen-bond acceptors (Lipinski definition) is 2. The number of thiophene rings is 1. The highest BCUT2D eigenvalue weighted by molar-refractivity contribution is 7.10. The Hall–Kier alpha value is -2.94. The molecule has 0 aliphatic heterocycles. The monoisotopic (exact) mass is 411 g/mol. The van der Waals surface area contributed by atoms with Gasteiger partial charge in [0.1, 0.15) is 0 Å². The Morgan fingerprint density at radius 3 is 2.30 bits per heavy atom. The molecule has 1 N–H and O–H groups in total. The van der Waals surface area contributed by atoms with Crippen LogP contribution in [0.25, 0.3) is 0 Å². The Kier molecular flexibility index (Phi) is 9.13. The van der Waals surface area contributed by atoms with Gasteiger partial charge in [-0.3, -0.25) is 0 Å². The maximum atomic E-state index is 3.57. The fourth-order valence-electron chi connectivity index (χ4n) is 3.16. The van der Waals surface area contributed by atoms with E-state index in [0.717, 1.165) is 33.8 Å². The third-order valence-electron chi connectivity index (χ3n) is 4.86. The van der Waals surface area contributed by atoms with E-state index in [1.54, 1.807) is 11.3 Å². The molecule has 0 fully saturated rings. The highest BCUT2D eigenvalue weighted by Gasteiger charge is 2.01. The molecule has 1 nitrogen and oxygen atoms in total.